The van der Waals surface area contributed by atoms with Gasteiger partial charge in [0, 0.05) is 21.7 Å². The molecule has 0 aliphatic rings. The first-order chi connectivity index (χ1) is 10.1. The molecule has 21 heavy (non-hydrogen) atoms. The second-order valence-electron chi connectivity index (χ2n) is 4.53. The van der Waals surface area contributed by atoms with Crippen molar-refractivity contribution in [1.82, 2.24) is 4.98 Å². The lowest BCUT2D eigenvalue weighted by atomic mass is 10.1. The van der Waals surface area contributed by atoms with Crippen molar-refractivity contribution in [2.45, 2.75) is 0 Å². The Hall–Kier alpha value is -2.40. The van der Waals surface area contributed by atoms with Gasteiger partial charge in [-0.25, -0.2) is 0 Å². The summed E-state index contributed by atoms with van der Waals surface area (Å²) >= 11 is 3.50. The molecule has 1 aromatic heterocycles. The minimum absolute atomic E-state index is 0.0386. The maximum absolute atomic E-state index is 12.2. The van der Waals surface area contributed by atoms with E-state index in [0.717, 1.165) is 15.2 Å². The van der Waals surface area contributed by atoms with Crippen molar-refractivity contribution < 1.29 is 9.90 Å². The fourth-order valence-electron chi connectivity index (χ4n) is 2.12. The zero-order valence-electron chi connectivity index (χ0n) is 10.9. The van der Waals surface area contributed by atoms with E-state index in [0.29, 0.717) is 11.3 Å². The molecule has 1 amide bonds. The number of hydrogen-bond acceptors (Lipinski definition) is 3. The summed E-state index contributed by atoms with van der Waals surface area (Å²) in [5.74, 6) is -0.353. The van der Waals surface area contributed by atoms with Crippen LogP contribution in [0.15, 0.2) is 59.3 Å². The molecule has 0 unspecified atom stereocenters. The van der Waals surface area contributed by atoms with Gasteiger partial charge in [-0.1, -0.05) is 40.2 Å². The quantitative estimate of drug-likeness (QED) is 0.741. The van der Waals surface area contributed by atoms with Crippen molar-refractivity contribution >= 4 is 38.3 Å². The highest BCUT2D eigenvalue weighted by Crippen LogP contribution is 2.30. The van der Waals surface area contributed by atoms with Gasteiger partial charge in [0.05, 0.1) is 11.8 Å². The number of aromatic nitrogens is 1. The van der Waals surface area contributed by atoms with E-state index in [4.69, 9.17) is 0 Å². The van der Waals surface area contributed by atoms with Gasteiger partial charge in [0.1, 0.15) is 5.75 Å². The number of pyridine rings is 1. The third-order valence-corrected chi connectivity index (χ3v) is 3.80. The van der Waals surface area contributed by atoms with Crippen LogP contribution in [-0.4, -0.2) is 16.0 Å². The highest BCUT2D eigenvalue weighted by Gasteiger charge is 2.10. The zero-order valence-corrected chi connectivity index (χ0v) is 12.5. The molecule has 0 saturated carbocycles. The number of nitrogens with one attached hydrogen (secondary N) is 1. The molecule has 0 spiro atoms. The number of benzene rings is 2. The topological polar surface area (TPSA) is 62.2 Å². The molecule has 4 nitrogen and oxygen atoms in total. The fraction of sp³-hybridized carbons (Fsp3) is 0. The first-order valence-electron chi connectivity index (χ1n) is 6.28. The maximum atomic E-state index is 12.2. The van der Waals surface area contributed by atoms with E-state index in [2.05, 4.69) is 26.2 Å². The lowest BCUT2D eigenvalue weighted by Gasteiger charge is -2.10. The summed E-state index contributed by atoms with van der Waals surface area (Å²) in [5, 5.41) is 14.2. The molecule has 0 aliphatic carbocycles. The number of amides is 1. The smallest absolute Gasteiger partial charge is 0.257 e. The lowest BCUT2D eigenvalue weighted by molar-refractivity contribution is 0.102. The number of halogens is 1. The summed E-state index contributed by atoms with van der Waals surface area (Å²) in [7, 11) is 0. The number of anilines is 1. The average molecular weight is 343 g/mol. The molecule has 5 heteroatoms. The largest absolute Gasteiger partial charge is 0.506 e. The summed E-state index contributed by atoms with van der Waals surface area (Å²) in [5.41, 5.74) is 1.02. The van der Waals surface area contributed by atoms with E-state index in [-0.39, 0.29) is 11.7 Å². The van der Waals surface area contributed by atoms with Crippen LogP contribution in [0.1, 0.15) is 10.4 Å². The van der Waals surface area contributed by atoms with Gasteiger partial charge >= 0.3 is 0 Å². The summed E-state index contributed by atoms with van der Waals surface area (Å²) < 4.78 is 0.968. The van der Waals surface area contributed by atoms with E-state index in [1.54, 1.807) is 0 Å². The number of rotatable bonds is 2. The Kier molecular flexibility index (Phi) is 3.58. The van der Waals surface area contributed by atoms with Crippen molar-refractivity contribution in [2.24, 2.45) is 0 Å². The average Bonchev–Trinajstić information content (AvgIpc) is 2.50. The Morgan fingerprint density at radius 1 is 1.10 bits per heavy atom. The standard InChI is InChI=1S/C16H11BrN2O2/c17-14-5-6-15(13-4-2-1-3-12(13)14)19-16(21)10-7-11(20)9-18-8-10/h1-9,20H,(H,19,21). The maximum Gasteiger partial charge on any atom is 0.257 e. The fourth-order valence-corrected chi connectivity index (χ4v) is 2.60. The predicted molar refractivity (Wildman–Crippen MR) is 85.5 cm³/mol. The van der Waals surface area contributed by atoms with E-state index >= 15 is 0 Å². The van der Waals surface area contributed by atoms with Crippen molar-refractivity contribution in [1.29, 1.82) is 0 Å². The summed E-state index contributed by atoms with van der Waals surface area (Å²) in [6.45, 7) is 0. The first-order valence-corrected chi connectivity index (χ1v) is 7.07. The number of fused-ring (bicyclic) bond motifs is 1. The first kappa shape index (κ1) is 13.6. The van der Waals surface area contributed by atoms with E-state index in [1.165, 1.54) is 18.5 Å². The van der Waals surface area contributed by atoms with Crippen LogP contribution in [0.5, 0.6) is 5.75 Å². The van der Waals surface area contributed by atoms with Gasteiger partial charge in [-0.15, -0.1) is 0 Å². The van der Waals surface area contributed by atoms with Gasteiger partial charge in [0.2, 0.25) is 0 Å². The molecule has 0 atom stereocenters. The summed E-state index contributed by atoms with van der Waals surface area (Å²) in [6, 6.07) is 12.9. The third kappa shape index (κ3) is 2.73. The Labute approximate surface area is 129 Å². The Balaban J connectivity index is 1.99. The zero-order chi connectivity index (χ0) is 14.8. The van der Waals surface area contributed by atoms with E-state index < -0.39 is 0 Å². The molecule has 104 valence electrons. The molecule has 0 aliphatic heterocycles. The Morgan fingerprint density at radius 3 is 2.62 bits per heavy atom. The van der Waals surface area contributed by atoms with Gasteiger partial charge < -0.3 is 10.4 Å². The van der Waals surface area contributed by atoms with Gasteiger partial charge in [-0.2, -0.15) is 0 Å². The summed E-state index contributed by atoms with van der Waals surface area (Å²) in [6.07, 6.45) is 2.70. The van der Waals surface area contributed by atoms with Crippen molar-refractivity contribution in [3.63, 3.8) is 0 Å². The van der Waals surface area contributed by atoms with Crippen LogP contribution in [-0.2, 0) is 0 Å². The molecule has 0 saturated heterocycles. The number of nitrogens with zero attached hydrogens (tertiary/aromatic N) is 1. The molecule has 2 N–H and O–H groups in total. The van der Waals surface area contributed by atoms with Crippen LogP contribution in [0.2, 0.25) is 0 Å². The molecule has 3 aromatic rings. The third-order valence-electron chi connectivity index (χ3n) is 3.11. The van der Waals surface area contributed by atoms with Crippen molar-refractivity contribution in [2.75, 3.05) is 5.32 Å². The van der Waals surface area contributed by atoms with Crippen LogP contribution in [0, 0.1) is 0 Å². The molecule has 0 radical (unpaired) electrons. The predicted octanol–water partition coefficient (Wildman–Crippen LogP) is 3.96. The number of carbonyl (C=O) groups is 1. The minimum Gasteiger partial charge on any atom is -0.506 e. The molecule has 0 bridgehead atoms. The van der Waals surface area contributed by atoms with Crippen LogP contribution in [0.4, 0.5) is 5.69 Å². The monoisotopic (exact) mass is 342 g/mol. The van der Waals surface area contributed by atoms with Crippen molar-refractivity contribution in [3.8, 4) is 5.75 Å². The minimum atomic E-state index is -0.314. The van der Waals surface area contributed by atoms with Crippen LogP contribution in [0.3, 0.4) is 0 Å². The highest BCUT2D eigenvalue weighted by molar-refractivity contribution is 9.10. The normalized spacial score (nSPS) is 10.5. The summed E-state index contributed by atoms with van der Waals surface area (Å²) in [4.78, 5) is 16.0. The van der Waals surface area contributed by atoms with Gasteiger partial charge in [-0.3, -0.25) is 9.78 Å². The number of carbonyl (C=O) groups excluding carboxylic acids is 1. The second-order valence-corrected chi connectivity index (χ2v) is 5.38. The number of hydrogen-bond donors (Lipinski definition) is 2. The van der Waals surface area contributed by atoms with Gasteiger partial charge in [-0.05, 0) is 23.6 Å². The van der Waals surface area contributed by atoms with Crippen LogP contribution < -0.4 is 5.32 Å². The van der Waals surface area contributed by atoms with Crippen molar-refractivity contribution in [3.05, 3.63) is 64.9 Å². The molecule has 3 rings (SSSR count). The second kappa shape index (κ2) is 5.54. The highest BCUT2D eigenvalue weighted by atomic mass is 79.9. The van der Waals surface area contributed by atoms with E-state index in [9.17, 15) is 9.90 Å². The SMILES string of the molecule is O=C(Nc1ccc(Br)c2ccccc12)c1cncc(O)c1. The lowest BCUT2D eigenvalue weighted by Crippen LogP contribution is -2.12. The number of aromatic hydroxyl groups is 1. The molecule has 1 heterocycles. The Morgan fingerprint density at radius 2 is 1.86 bits per heavy atom. The van der Waals surface area contributed by atoms with Gasteiger partial charge in [0.25, 0.3) is 5.91 Å². The van der Waals surface area contributed by atoms with Crippen LogP contribution in [0.25, 0.3) is 10.8 Å². The Bertz CT molecular complexity index is 833. The van der Waals surface area contributed by atoms with Gasteiger partial charge in [0.15, 0.2) is 0 Å². The molecular formula is C16H11BrN2O2. The molecule has 0 fully saturated rings. The molecule has 2 aromatic carbocycles. The van der Waals surface area contributed by atoms with Crippen LogP contribution >= 0.6 is 15.9 Å². The van der Waals surface area contributed by atoms with E-state index in [1.807, 2.05) is 36.4 Å². The molecular weight excluding hydrogens is 332 g/mol.